The Kier molecular flexibility index (Phi) is 3.15. The van der Waals surface area contributed by atoms with Gasteiger partial charge in [-0.25, -0.2) is 0 Å². The molecule has 2 rings (SSSR count). The Morgan fingerprint density at radius 2 is 1.94 bits per heavy atom. The molecule has 0 radical (unpaired) electrons. The van der Waals surface area contributed by atoms with Gasteiger partial charge in [0.15, 0.2) is 5.78 Å². The van der Waals surface area contributed by atoms with Crippen LogP contribution in [0.3, 0.4) is 0 Å². The second kappa shape index (κ2) is 4.75. The molecule has 0 saturated heterocycles. The van der Waals surface area contributed by atoms with E-state index in [0.29, 0.717) is 6.42 Å². The average molecular weight is 214 g/mol. The summed E-state index contributed by atoms with van der Waals surface area (Å²) in [5.41, 5.74) is 2.03. The van der Waals surface area contributed by atoms with E-state index >= 15 is 0 Å². The molecule has 0 unspecified atom stereocenters. The molecule has 3 nitrogen and oxygen atoms in total. The van der Waals surface area contributed by atoms with Gasteiger partial charge in [0, 0.05) is 37.8 Å². The standard InChI is InChI=1S/C13H14N2O/c1-15-8-6-11(7-9-15)10-14-12-2-4-13(16)5-3-12/h2,4,6-10H,3,5H2,1H3. The summed E-state index contributed by atoms with van der Waals surface area (Å²) in [4.78, 5) is 17.3. The minimum absolute atomic E-state index is 0.186. The first kappa shape index (κ1) is 10.6. The molecule has 0 aromatic heterocycles. The zero-order valence-corrected chi connectivity index (χ0v) is 9.26. The molecule has 0 N–H and O–H groups in total. The van der Waals surface area contributed by atoms with Crippen molar-refractivity contribution in [3.8, 4) is 0 Å². The lowest BCUT2D eigenvalue weighted by molar-refractivity contribution is -0.114. The topological polar surface area (TPSA) is 32.7 Å². The third kappa shape index (κ3) is 2.79. The lowest BCUT2D eigenvalue weighted by Crippen LogP contribution is -2.06. The first-order valence-electron chi connectivity index (χ1n) is 5.30. The molecular weight excluding hydrogens is 200 g/mol. The Labute approximate surface area is 95.2 Å². The highest BCUT2D eigenvalue weighted by Gasteiger charge is 2.06. The first-order chi connectivity index (χ1) is 7.74. The molecule has 1 aliphatic carbocycles. The van der Waals surface area contributed by atoms with Crippen LogP contribution in [0.25, 0.3) is 0 Å². The molecule has 0 atom stereocenters. The van der Waals surface area contributed by atoms with Crippen LogP contribution >= 0.6 is 0 Å². The first-order valence-corrected chi connectivity index (χ1v) is 5.30. The van der Waals surface area contributed by atoms with Crippen LogP contribution in [-0.2, 0) is 4.79 Å². The summed E-state index contributed by atoms with van der Waals surface area (Å²) >= 11 is 0. The monoisotopic (exact) mass is 214 g/mol. The molecule has 0 aromatic carbocycles. The van der Waals surface area contributed by atoms with Crippen LogP contribution in [0.2, 0.25) is 0 Å². The van der Waals surface area contributed by atoms with Gasteiger partial charge in [0.25, 0.3) is 0 Å². The summed E-state index contributed by atoms with van der Waals surface area (Å²) in [6, 6.07) is 0. The molecule has 0 fully saturated rings. The molecule has 0 saturated carbocycles. The second-order valence-corrected chi connectivity index (χ2v) is 3.85. The van der Waals surface area contributed by atoms with Crippen LogP contribution in [-0.4, -0.2) is 23.4 Å². The number of carbonyl (C=O) groups excluding carboxylic acids is 1. The maximum absolute atomic E-state index is 11.0. The Morgan fingerprint density at radius 1 is 1.19 bits per heavy atom. The Hall–Kier alpha value is -1.90. The van der Waals surface area contributed by atoms with Gasteiger partial charge < -0.3 is 4.90 Å². The number of rotatable bonds is 1. The average Bonchev–Trinajstić information content (AvgIpc) is 2.30. The van der Waals surface area contributed by atoms with Crippen LogP contribution in [0.1, 0.15) is 12.8 Å². The molecule has 0 amide bonds. The molecule has 16 heavy (non-hydrogen) atoms. The molecular formula is C13H14N2O. The number of aliphatic imine (C=N–C) groups is 1. The van der Waals surface area contributed by atoms with Gasteiger partial charge in [-0.3, -0.25) is 9.79 Å². The van der Waals surface area contributed by atoms with Gasteiger partial charge in [-0.05, 0) is 36.3 Å². The van der Waals surface area contributed by atoms with E-state index in [9.17, 15) is 4.79 Å². The van der Waals surface area contributed by atoms with Gasteiger partial charge in [0.2, 0.25) is 0 Å². The predicted octanol–water partition coefficient (Wildman–Crippen LogP) is 2.20. The lowest BCUT2D eigenvalue weighted by Gasteiger charge is -2.11. The number of ketones is 1. The molecule has 0 bridgehead atoms. The Bertz CT molecular complexity index is 423. The quantitative estimate of drug-likeness (QED) is 0.670. The molecule has 3 heteroatoms. The molecule has 1 heterocycles. The van der Waals surface area contributed by atoms with Gasteiger partial charge in [-0.2, -0.15) is 0 Å². The minimum atomic E-state index is 0.186. The van der Waals surface area contributed by atoms with Crippen molar-refractivity contribution in [3.63, 3.8) is 0 Å². The predicted molar refractivity (Wildman–Crippen MR) is 64.9 cm³/mol. The largest absolute Gasteiger partial charge is 0.357 e. The van der Waals surface area contributed by atoms with Crippen molar-refractivity contribution in [2.45, 2.75) is 12.8 Å². The highest BCUT2D eigenvalue weighted by atomic mass is 16.1. The van der Waals surface area contributed by atoms with E-state index in [1.54, 1.807) is 12.2 Å². The summed E-state index contributed by atoms with van der Waals surface area (Å²) in [7, 11) is 1.98. The van der Waals surface area contributed by atoms with Crippen LogP contribution in [0.15, 0.2) is 53.5 Å². The van der Waals surface area contributed by atoms with E-state index in [1.807, 2.05) is 42.7 Å². The van der Waals surface area contributed by atoms with Crippen LogP contribution in [0.5, 0.6) is 0 Å². The summed E-state index contributed by atoms with van der Waals surface area (Å²) in [6.45, 7) is 0. The number of hydrogen-bond donors (Lipinski definition) is 0. The fourth-order valence-electron chi connectivity index (χ4n) is 1.47. The zero-order valence-electron chi connectivity index (χ0n) is 9.26. The summed E-state index contributed by atoms with van der Waals surface area (Å²) in [5.74, 6) is 0.186. The minimum Gasteiger partial charge on any atom is -0.357 e. The van der Waals surface area contributed by atoms with Crippen molar-refractivity contribution in [2.75, 3.05) is 7.05 Å². The molecule has 0 spiro atoms. The zero-order chi connectivity index (χ0) is 11.4. The van der Waals surface area contributed by atoms with Gasteiger partial charge >= 0.3 is 0 Å². The third-order valence-corrected chi connectivity index (χ3v) is 2.47. The number of allylic oxidation sites excluding steroid dienone is 5. The highest BCUT2D eigenvalue weighted by Crippen LogP contribution is 2.09. The fraction of sp³-hybridized carbons (Fsp3) is 0.231. The Morgan fingerprint density at radius 3 is 2.56 bits per heavy atom. The van der Waals surface area contributed by atoms with Crippen molar-refractivity contribution >= 4 is 11.5 Å². The van der Waals surface area contributed by atoms with E-state index < -0.39 is 0 Å². The molecule has 2 aliphatic rings. The number of carbonyl (C=O) groups is 1. The normalized spacial score (nSPS) is 22.1. The molecule has 0 aromatic rings. The number of hydrogen-bond acceptors (Lipinski definition) is 3. The summed E-state index contributed by atoms with van der Waals surface area (Å²) in [5, 5.41) is 0. The van der Waals surface area contributed by atoms with Crippen molar-refractivity contribution in [1.82, 2.24) is 4.90 Å². The molecule has 82 valence electrons. The van der Waals surface area contributed by atoms with Gasteiger partial charge in [0.05, 0.1) is 0 Å². The van der Waals surface area contributed by atoms with Crippen LogP contribution in [0, 0.1) is 0 Å². The lowest BCUT2D eigenvalue weighted by atomic mass is 10.1. The smallest absolute Gasteiger partial charge is 0.156 e. The SMILES string of the molecule is CN1C=CC(=CN=C2C=CC(=O)CC2)C=C1. The van der Waals surface area contributed by atoms with Crippen LogP contribution < -0.4 is 0 Å². The van der Waals surface area contributed by atoms with Crippen molar-refractivity contribution < 1.29 is 4.79 Å². The third-order valence-electron chi connectivity index (χ3n) is 2.47. The van der Waals surface area contributed by atoms with Crippen molar-refractivity contribution in [3.05, 3.63) is 48.5 Å². The molecule has 1 aliphatic heterocycles. The second-order valence-electron chi connectivity index (χ2n) is 3.85. The van der Waals surface area contributed by atoms with Gasteiger partial charge in [0.1, 0.15) is 0 Å². The fourth-order valence-corrected chi connectivity index (χ4v) is 1.47. The van der Waals surface area contributed by atoms with E-state index in [2.05, 4.69) is 4.99 Å². The summed E-state index contributed by atoms with van der Waals surface area (Å²) < 4.78 is 0. The van der Waals surface area contributed by atoms with Gasteiger partial charge in [-0.15, -0.1) is 0 Å². The van der Waals surface area contributed by atoms with Crippen molar-refractivity contribution in [1.29, 1.82) is 0 Å². The van der Waals surface area contributed by atoms with E-state index in [4.69, 9.17) is 0 Å². The maximum Gasteiger partial charge on any atom is 0.156 e. The van der Waals surface area contributed by atoms with Crippen LogP contribution in [0.4, 0.5) is 0 Å². The van der Waals surface area contributed by atoms with Gasteiger partial charge in [-0.1, -0.05) is 0 Å². The van der Waals surface area contributed by atoms with E-state index in [-0.39, 0.29) is 5.78 Å². The number of nitrogens with zero attached hydrogens (tertiary/aromatic N) is 2. The van der Waals surface area contributed by atoms with E-state index in [1.165, 1.54) is 0 Å². The van der Waals surface area contributed by atoms with E-state index in [0.717, 1.165) is 17.7 Å². The summed E-state index contributed by atoms with van der Waals surface area (Å²) in [6.07, 6.45) is 14.5. The maximum atomic E-state index is 11.0. The Balaban J connectivity index is 2.06. The van der Waals surface area contributed by atoms with Crippen molar-refractivity contribution in [2.24, 2.45) is 4.99 Å². The highest BCUT2D eigenvalue weighted by molar-refractivity contribution is 6.07.